The monoisotopic (exact) mass is 549 g/mol. The van der Waals surface area contributed by atoms with Gasteiger partial charge < -0.3 is 20.3 Å². The van der Waals surface area contributed by atoms with Crippen LogP contribution in [0.2, 0.25) is 0 Å². The number of benzene rings is 2. The Kier molecular flexibility index (Phi) is 8.58. The number of allylic oxidation sites excluding steroid dienone is 1. The van der Waals surface area contributed by atoms with E-state index < -0.39 is 23.4 Å². The lowest BCUT2D eigenvalue weighted by molar-refractivity contribution is -0.138. The first-order chi connectivity index (χ1) is 18.5. The number of ether oxygens (including phenoxy) is 1. The van der Waals surface area contributed by atoms with E-state index in [9.17, 15) is 22.0 Å². The number of halogens is 5. The molecule has 0 aliphatic carbocycles. The van der Waals surface area contributed by atoms with Crippen molar-refractivity contribution in [2.24, 2.45) is 9.98 Å². The molecule has 0 spiro atoms. The van der Waals surface area contributed by atoms with E-state index in [1.165, 1.54) is 12.1 Å². The van der Waals surface area contributed by atoms with E-state index in [2.05, 4.69) is 27.3 Å². The zero-order valence-corrected chi connectivity index (χ0v) is 22.1. The highest BCUT2D eigenvalue weighted by Gasteiger charge is 2.36. The van der Waals surface area contributed by atoms with Gasteiger partial charge in [-0.1, -0.05) is 6.07 Å². The van der Waals surface area contributed by atoms with Crippen molar-refractivity contribution in [3.05, 3.63) is 58.7 Å². The molecule has 0 radical (unpaired) electrons. The summed E-state index contributed by atoms with van der Waals surface area (Å²) in [5, 5.41) is 5.87. The van der Waals surface area contributed by atoms with E-state index in [0.717, 1.165) is 19.1 Å². The highest BCUT2D eigenvalue weighted by Crippen LogP contribution is 2.41. The third-order valence-electron chi connectivity index (χ3n) is 6.90. The van der Waals surface area contributed by atoms with Crippen molar-refractivity contribution in [2.75, 3.05) is 36.5 Å². The van der Waals surface area contributed by atoms with Gasteiger partial charge in [0, 0.05) is 17.3 Å². The second-order valence-electron chi connectivity index (χ2n) is 9.87. The third kappa shape index (κ3) is 6.41. The number of anilines is 2. The zero-order valence-electron chi connectivity index (χ0n) is 22.1. The molecular formula is C28H32F5N5O. The summed E-state index contributed by atoms with van der Waals surface area (Å²) < 4.78 is 77.2. The highest BCUT2D eigenvalue weighted by molar-refractivity contribution is 6.00. The summed E-state index contributed by atoms with van der Waals surface area (Å²) in [5.41, 5.74) is -0.0829. The Balaban J connectivity index is 1.69. The molecule has 11 heteroatoms. The van der Waals surface area contributed by atoms with Crippen LogP contribution < -0.4 is 20.3 Å². The number of hydrogen-bond acceptors (Lipinski definition) is 4. The molecule has 0 bridgehead atoms. The number of aliphatic imine (C=N–C) groups is 2. The third-order valence-corrected chi connectivity index (χ3v) is 6.90. The summed E-state index contributed by atoms with van der Waals surface area (Å²) in [6.07, 6.45) is -3.35. The predicted octanol–water partition coefficient (Wildman–Crippen LogP) is 6.75. The van der Waals surface area contributed by atoms with E-state index in [0.29, 0.717) is 44.8 Å². The quantitative estimate of drug-likeness (QED) is 0.246. The lowest BCUT2D eigenvalue weighted by Gasteiger charge is -2.34. The highest BCUT2D eigenvalue weighted by atomic mass is 19.4. The molecule has 0 aromatic heterocycles. The minimum Gasteiger partial charge on any atom is -0.486 e. The molecule has 2 aromatic carbocycles. The van der Waals surface area contributed by atoms with Crippen LogP contribution in [0.3, 0.4) is 0 Å². The van der Waals surface area contributed by atoms with Gasteiger partial charge in [-0.15, -0.1) is 0 Å². The predicted molar refractivity (Wildman–Crippen MR) is 145 cm³/mol. The molecule has 210 valence electrons. The zero-order chi connectivity index (χ0) is 28.3. The molecule has 1 fully saturated rings. The van der Waals surface area contributed by atoms with Crippen LogP contribution in [0.5, 0.6) is 5.75 Å². The maximum absolute atomic E-state index is 15.0. The number of piperidine rings is 1. The molecule has 0 saturated carbocycles. The number of nitrogens with zero attached hydrogens (tertiary/aromatic N) is 3. The van der Waals surface area contributed by atoms with E-state index in [4.69, 9.17) is 4.74 Å². The van der Waals surface area contributed by atoms with Crippen molar-refractivity contribution in [1.82, 2.24) is 5.32 Å². The van der Waals surface area contributed by atoms with E-state index in [-0.39, 0.29) is 46.2 Å². The van der Waals surface area contributed by atoms with Gasteiger partial charge in [0.25, 0.3) is 0 Å². The van der Waals surface area contributed by atoms with Crippen LogP contribution in [-0.4, -0.2) is 45.0 Å². The first-order valence-corrected chi connectivity index (χ1v) is 12.8. The topological polar surface area (TPSA) is 61.2 Å². The second-order valence-corrected chi connectivity index (χ2v) is 9.87. The standard InChI is InChI=1S/C28H32F5N5O/c1-16(2)38-11-12-39-26-23(30)13-19(14-24(26)38)25(17(3)29)37-27(34-4)36-20-5-6-21(18-7-9-35-10-8-18)22(15-20)28(31,32)33/h5-6,13-16,18,35H,4,7-12H2,1-3H3,(H,36,37)/b25-17+. The Labute approximate surface area is 224 Å². The van der Waals surface area contributed by atoms with Crippen molar-refractivity contribution in [1.29, 1.82) is 0 Å². The van der Waals surface area contributed by atoms with Gasteiger partial charge in [-0.3, -0.25) is 0 Å². The summed E-state index contributed by atoms with van der Waals surface area (Å²) in [5.74, 6) is -1.78. The van der Waals surface area contributed by atoms with Crippen LogP contribution in [0.15, 0.2) is 46.1 Å². The van der Waals surface area contributed by atoms with Crippen molar-refractivity contribution in [2.45, 2.75) is 51.7 Å². The molecule has 0 amide bonds. The summed E-state index contributed by atoms with van der Waals surface area (Å²) >= 11 is 0. The molecule has 2 N–H and O–H groups in total. The lowest BCUT2D eigenvalue weighted by atomic mass is 9.86. The molecule has 1 saturated heterocycles. The average molecular weight is 550 g/mol. The SMILES string of the molecule is C=N/C(=N\C(=C(/C)F)c1cc(F)c2c(c1)N(C(C)C)CCO2)Nc1ccc(C2CCNCC2)c(C(F)(F)F)c1. The van der Waals surface area contributed by atoms with Crippen molar-refractivity contribution in [3.63, 3.8) is 0 Å². The van der Waals surface area contributed by atoms with Gasteiger partial charge in [-0.25, -0.2) is 18.8 Å². The number of hydrogen-bond donors (Lipinski definition) is 2. The number of guanidine groups is 1. The Morgan fingerprint density at radius 1 is 1.18 bits per heavy atom. The molecule has 0 atom stereocenters. The van der Waals surface area contributed by atoms with Gasteiger partial charge in [0.2, 0.25) is 5.96 Å². The molecule has 2 aliphatic rings. The van der Waals surface area contributed by atoms with Gasteiger partial charge in [0.05, 0.1) is 17.8 Å². The van der Waals surface area contributed by atoms with E-state index in [1.54, 1.807) is 6.07 Å². The minimum absolute atomic E-state index is 0.0347. The van der Waals surface area contributed by atoms with E-state index >= 15 is 0 Å². The summed E-state index contributed by atoms with van der Waals surface area (Å²) in [6, 6.07) is 6.69. The minimum atomic E-state index is -4.57. The maximum atomic E-state index is 15.0. The largest absolute Gasteiger partial charge is 0.486 e. The molecule has 2 heterocycles. The summed E-state index contributed by atoms with van der Waals surface area (Å²) in [7, 11) is 0. The van der Waals surface area contributed by atoms with Gasteiger partial charge in [0.1, 0.15) is 18.1 Å². The fraction of sp³-hybridized carbons (Fsp3) is 0.429. The van der Waals surface area contributed by atoms with Crippen LogP contribution >= 0.6 is 0 Å². The summed E-state index contributed by atoms with van der Waals surface area (Å²) in [6.45, 7) is 10.6. The van der Waals surface area contributed by atoms with Crippen LogP contribution in [0, 0.1) is 5.82 Å². The van der Waals surface area contributed by atoms with Crippen LogP contribution in [0.25, 0.3) is 5.70 Å². The Morgan fingerprint density at radius 3 is 2.51 bits per heavy atom. The number of fused-ring (bicyclic) bond motifs is 1. The molecule has 4 rings (SSSR count). The fourth-order valence-corrected chi connectivity index (χ4v) is 5.02. The molecule has 2 aliphatic heterocycles. The second kappa shape index (κ2) is 11.7. The molecular weight excluding hydrogens is 517 g/mol. The van der Waals surface area contributed by atoms with E-state index in [1.807, 2.05) is 18.7 Å². The van der Waals surface area contributed by atoms with Crippen LogP contribution in [0.1, 0.15) is 56.2 Å². The van der Waals surface area contributed by atoms with Crippen LogP contribution in [-0.2, 0) is 6.18 Å². The Hall–Kier alpha value is -3.47. The molecule has 0 unspecified atom stereocenters. The number of alkyl halides is 3. The van der Waals surface area contributed by atoms with Gasteiger partial charge in [-0.2, -0.15) is 13.2 Å². The smallest absolute Gasteiger partial charge is 0.416 e. The molecule has 6 nitrogen and oxygen atoms in total. The van der Waals surface area contributed by atoms with Gasteiger partial charge in [-0.05, 0) is 89.2 Å². The van der Waals surface area contributed by atoms with Crippen molar-refractivity contribution in [3.8, 4) is 5.75 Å². The molecule has 2 aromatic rings. The normalized spacial score (nSPS) is 17.5. The van der Waals surface area contributed by atoms with Crippen LogP contribution in [0.4, 0.5) is 33.3 Å². The van der Waals surface area contributed by atoms with Crippen molar-refractivity contribution >= 4 is 29.7 Å². The summed E-state index contributed by atoms with van der Waals surface area (Å²) in [4.78, 5) is 9.89. The van der Waals surface area contributed by atoms with Gasteiger partial charge >= 0.3 is 6.18 Å². The number of nitrogens with one attached hydrogen (secondary N) is 2. The average Bonchev–Trinajstić information content (AvgIpc) is 2.90. The van der Waals surface area contributed by atoms with Gasteiger partial charge in [0.15, 0.2) is 11.6 Å². The first-order valence-electron chi connectivity index (χ1n) is 12.8. The fourth-order valence-electron chi connectivity index (χ4n) is 5.02. The molecule has 39 heavy (non-hydrogen) atoms. The Bertz CT molecular complexity index is 1280. The maximum Gasteiger partial charge on any atom is 0.416 e. The lowest BCUT2D eigenvalue weighted by Crippen LogP contribution is -2.38. The Morgan fingerprint density at radius 2 is 1.90 bits per heavy atom. The van der Waals surface area contributed by atoms with Crippen molar-refractivity contribution < 1.29 is 26.7 Å². The first kappa shape index (κ1) is 28.5. The number of rotatable bonds is 5.